The standard InChI is InChI=1S/C21H21ClN4O2/c22-19-2-1-9-24-20(19)28-18-7-11-26(12-8-18)21(27)17-5-3-16(4-6-17)14-25-13-10-23-15-25/h1-6,9-10,13,15,18H,7-8,11-12,14H2. The predicted octanol–water partition coefficient (Wildman–Crippen LogP) is 3.66. The van der Waals surface area contributed by atoms with Crippen LogP contribution < -0.4 is 4.74 Å². The molecule has 1 fully saturated rings. The molecule has 1 saturated heterocycles. The maximum absolute atomic E-state index is 12.8. The van der Waals surface area contributed by atoms with E-state index in [1.54, 1.807) is 30.9 Å². The van der Waals surface area contributed by atoms with Crippen LogP contribution in [0.5, 0.6) is 5.88 Å². The number of likely N-dealkylation sites (tertiary alicyclic amines) is 1. The van der Waals surface area contributed by atoms with E-state index in [-0.39, 0.29) is 12.0 Å². The van der Waals surface area contributed by atoms with Gasteiger partial charge in [-0.2, -0.15) is 0 Å². The van der Waals surface area contributed by atoms with E-state index in [0.717, 1.165) is 24.9 Å². The molecule has 0 saturated carbocycles. The largest absolute Gasteiger partial charge is 0.473 e. The van der Waals surface area contributed by atoms with Crippen LogP contribution in [-0.4, -0.2) is 44.5 Å². The summed E-state index contributed by atoms with van der Waals surface area (Å²) < 4.78 is 7.89. The number of piperidine rings is 1. The van der Waals surface area contributed by atoms with E-state index in [4.69, 9.17) is 16.3 Å². The molecular weight excluding hydrogens is 376 g/mol. The number of carbonyl (C=O) groups is 1. The smallest absolute Gasteiger partial charge is 0.253 e. The van der Waals surface area contributed by atoms with Crippen LogP contribution in [0, 0.1) is 0 Å². The van der Waals surface area contributed by atoms with Gasteiger partial charge in [-0.05, 0) is 29.8 Å². The second kappa shape index (κ2) is 8.44. The maximum Gasteiger partial charge on any atom is 0.253 e. The van der Waals surface area contributed by atoms with Crippen molar-refractivity contribution in [1.82, 2.24) is 19.4 Å². The molecule has 1 aliphatic heterocycles. The molecular formula is C21H21ClN4O2. The van der Waals surface area contributed by atoms with Crippen LogP contribution in [-0.2, 0) is 6.54 Å². The van der Waals surface area contributed by atoms with Gasteiger partial charge in [0.25, 0.3) is 5.91 Å². The first-order valence-electron chi connectivity index (χ1n) is 9.30. The minimum Gasteiger partial charge on any atom is -0.473 e. The minimum absolute atomic E-state index is 0.0222. The Morgan fingerprint density at radius 2 is 1.93 bits per heavy atom. The van der Waals surface area contributed by atoms with Gasteiger partial charge in [0.15, 0.2) is 0 Å². The number of rotatable bonds is 5. The van der Waals surface area contributed by atoms with Gasteiger partial charge in [0, 0.05) is 56.6 Å². The highest BCUT2D eigenvalue weighted by atomic mass is 35.5. The quantitative estimate of drug-likeness (QED) is 0.660. The molecule has 6 nitrogen and oxygen atoms in total. The fraction of sp³-hybridized carbons (Fsp3) is 0.286. The van der Waals surface area contributed by atoms with Gasteiger partial charge >= 0.3 is 0 Å². The molecule has 28 heavy (non-hydrogen) atoms. The molecule has 3 aromatic rings. The van der Waals surface area contributed by atoms with Crippen LogP contribution in [0.2, 0.25) is 5.02 Å². The van der Waals surface area contributed by atoms with E-state index in [2.05, 4.69) is 9.97 Å². The Bertz CT molecular complexity index is 920. The number of amides is 1. The molecule has 7 heteroatoms. The van der Waals surface area contributed by atoms with Gasteiger partial charge in [-0.25, -0.2) is 9.97 Å². The summed E-state index contributed by atoms with van der Waals surface area (Å²) >= 11 is 6.10. The third-order valence-corrected chi connectivity index (χ3v) is 5.15. The number of carbonyl (C=O) groups excluding carboxylic acids is 1. The third kappa shape index (κ3) is 4.34. The fourth-order valence-electron chi connectivity index (χ4n) is 3.32. The van der Waals surface area contributed by atoms with Gasteiger partial charge in [-0.3, -0.25) is 4.79 Å². The highest BCUT2D eigenvalue weighted by Crippen LogP contribution is 2.24. The van der Waals surface area contributed by atoms with E-state index in [1.807, 2.05) is 39.9 Å². The molecule has 0 spiro atoms. The molecule has 0 atom stereocenters. The topological polar surface area (TPSA) is 60.2 Å². The maximum atomic E-state index is 12.8. The van der Waals surface area contributed by atoms with Gasteiger partial charge in [0.2, 0.25) is 5.88 Å². The summed E-state index contributed by atoms with van der Waals surface area (Å²) in [4.78, 5) is 22.9. The summed E-state index contributed by atoms with van der Waals surface area (Å²) in [5.41, 5.74) is 1.84. The van der Waals surface area contributed by atoms with Crippen molar-refractivity contribution in [3.63, 3.8) is 0 Å². The second-order valence-corrected chi connectivity index (χ2v) is 7.24. The number of ether oxygens (including phenoxy) is 1. The zero-order chi connectivity index (χ0) is 19.3. The van der Waals surface area contributed by atoms with Crippen molar-refractivity contribution in [1.29, 1.82) is 0 Å². The minimum atomic E-state index is 0.0222. The monoisotopic (exact) mass is 396 g/mol. The molecule has 0 unspecified atom stereocenters. The summed E-state index contributed by atoms with van der Waals surface area (Å²) in [5, 5.41) is 0.511. The lowest BCUT2D eigenvalue weighted by molar-refractivity contribution is 0.0588. The van der Waals surface area contributed by atoms with Gasteiger partial charge < -0.3 is 14.2 Å². The average Bonchev–Trinajstić information content (AvgIpc) is 3.23. The molecule has 1 aromatic carbocycles. The molecule has 0 aliphatic carbocycles. The number of benzene rings is 1. The van der Waals surface area contributed by atoms with E-state index < -0.39 is 0 Å². The number of nitrogens with zero attached hydrogens (tertiary/aromatic N) is 4. The number of aromatic nitrogens is 3. The van der Waals surface area contributed by atoms with Crippen LogP contribution in [0.25, 0.3) is 0 Å². The van der Waals surface area contributed by atoms with Crippen molar-refractivity contribution >= 4 is 17.5 Å². The lowest BCUT2D eigenvalue weighted by Crippen LogP contribution is -2.41. The van der Waals surface area contributed by atoms with Gasteiger partial charge in [-0.1, -0.05) is 23.7 Å². The number of halogens is 1. The first-order valence-corrected chi connectivity index (χ1v) is 9.68. The predicted molar refractivity (Wildman–Crippen MR) is 107 cm³/mol. The van der Waals surface area contributed by atoms with Crippen LogP contribution in [0.15, 0.2) is 61.3 Å². The third-order valence-electron chi connectivity index (χ3n) is 4.86. The lowest BCUT2D eigenvalue weighted by Gasteiger charge is -2.32. The molecule has 4 rings (SSSR count). The summed E-state index contributed by atoms with van der Waals surface area (Å²) in [6.45, 7) is 2.06. The van der Waals surface area contributed by atoms with Gasteiger partial charge in [-0.15, -0.1) is 0 Å². The number of hydrogen-bond acceptors (Lipinski definition) is 4. The van der Waals surface area contributed by atoms with Gasteiger partial charge in [0.05, 0.1) is 6.33 Å². The number of hydrogen-bond donors (Lipinski definition) is 0. The normalized spacial score (nSPS) is 14.8. The summed E-state index contributed by atoms with van der Waals surface area (Å²) in [7, 11) is 0. The number of imidazole rings is 1. The molecule has 0 bridgehead atoms. The first-order chi connectivity index (χ1) is 13.7. The fourth-order valence-corrected chi connectivity index (χ4v) is 3.48. The number of pyridine rings is 1. The Balaban J connectivity index is 1.31. The van der Waals surface area contributed by atoms with Crippen molar-refractivity contribution in [2.24, 2.45) is 0 Å². The highest BCUT2D eigenvalue weighted by molar-refractivity contribution is 6.31. The van der Waals surface area contributed by atoms with Crippen molar-refractivity contribution < 1.29 is 9.53 Å². The Morgan fingerprint density at radius 1 is 1.14 bits per heavy atom. The highest BCUT2D eigenvalue weighted by Gasteiger charge is 2.25. The van der Waals surface area contributed by atoms with E-state index in [1.165, 1.54) is 0 Å². The molecule has 1 aliphatic rings. The summed E-state index contributed by atoms with van der Waals surface area (Å²) in [5.74, 6) is 0.519. The Labute approximate surface area is 168 Å². The molecule has 2 aromatic heterocycles. The van der Waals surface area contributed by atoms with E-state index in [0.29, 0.717) is 29.6 Å². The SMILES string of the molecule is O=C(c1ccc(Cn2ccnc2)cc1)N1CCC(Oc2ncccc2Cl)CC1. The lowest BCUT2D eigenvalue weighted by atomic mass is 10.1. The van der Waals surface area contributed by atoms with Gasteiger partial charge in [0.1, 0.15) is 11.1 Å². The first kappa shape index (κ1) is 18.5. The second-order valence-electron chi connectivity index (χ2n) is 6.83. The van der Waals surface area contributed by atoms with Crippen molar-refractivity contribution in [2.45, 2.75) is 25.5 Å². The zero-order valence-corrected chi connectivity index (χ0v) is 16.1. The van der Waals surface area contributed by atoms with Crippen molar-refractivity contribution in [3.8, 4) is 5.88 Å². The molecule has 3 heterocycles. The molecule has 0 N–H and O–H groups in total. The summed E-state index contributed by atoms with van der Waals surface area (Å²) in [6.07, 6.45) is 8.67. The molecule has 144 valence electrons. The van der Waals surface area contributed by atoms with E-state index in [9.17, 15) is 4.79 Å². The van der Waals surface area contributed by atoms with Crippen LogP contribution >= 0.6 is 11.6 Å². The van der Waals surface area contributed by atoms with E-state index >= 15 is 0 Å². The van der Waals surface area contributed by atoms with Crippen molar-refractivity contribution in [2.75, 3.05) is 13.1 Å². The molecule has 1 amide bonds. The zero-order valence-electron chi connectivity index (χ0n) is 15.4. The Hall–Kier alpha value is -2.86. The molecule has 0 radical (unpaired) electrons. The van der Waals surface area contributed by atoms with Crippen molar-refractivity contribution in [3.05, 3.63) is 77.5 Å². The van der Waals surface area contributed by atoms with Crippen LogP contribution in [0.4, 0.5) is 0 Å². The van der Waals surface area contributed by atoms with Crippen LogP contribution in [0.3, 0.4) is 0 Å². The summed E-state index contributed by atoms with van der Waals surface area (Å²) in [6, 6.07) is 11.3. The van der Waals surface area contributed by atoms with Crippen LogP contribution in [0.1, 0.15) is 28.8 Å². The Kier molecular flexibility index (Phi) is 5.58. The average molecular weight is 397 g/mol. The Morgan fingerprint density at radius 3 is 2.61 bits per heavy atom.